The zero-order valence-corrected chi connectivity index (χ0v) is 12.3. The molecule has 19 heavy (non-hydrogen) atoms. The van der Waals surface area contributed by atoms with Gasteiger partial charge in [0, 0.05) is 25.2 Å². The number of hydrogen-bond donors (Lipinski definition) is 1. The van der Waals surface area contributed by atoms with Gasteiger partial charge in [0.05, 0.1) is 6.61 Å². The molecule has 3 nitrogen and oxygen atoms in total. The maximum atomic E-state index is 6.31. The lowest BCUT2D eigenvalue weighted by Crippen LogP contribution is -2.37. The van der Waals surface area contributed by atoms with E-state index in [0.29, 0.717) is 12.0 Å². The Hall–Kier alpha value is -0.900. The zero-order valence-electron chi connectivity index (χ0n) is 12.3. The number of likely N-dealkylation sites (N-methyl/N-ethyl adjacent to an activating group) is 1. The SMILES string of the molecule is CC(C)c1ccc(C(N)CN(C)C2CCOC2)cc1. The summed E-state index contributed by atoms with van der Waals surface area (Å²) in [6.07, 6.45) is 1.12. The van der Waals surface area contributed by atoms with Crippen molar-refractivity contribution in [2.45, 2.75) is 38.3 Å². The molecule has 1 aliphatic rings. The number of benzene rings is 1. The molecule has 2 rings (SSSR count). The van der Waals surface area contributed by atoms with Gasteiger partial charge < -0.3 is 10.5 Å². The maximum absolute atomic E-state index is 6.31. The average molecular weight is 262 g/mol. The molecule has 0 bridgehead atoms. The third kappa shape index (κ3) is 3.78. The van der Waals surface area contributed by atoms with Crippen LogP contribution >= 0.6 is 0 Å². The molecule has 2 N–H and O–H groups in total. The molecule has 1 aliphatic heterocycles. The van der Waals surface area contributed by atoms with Gasteiger partial charge in [-0.2, -0.15) is 0 Å². The van der Waals surface area contributed by atoms with Crippen LogP contribution in [0.4, 0.5) is 0 Å². The number of ether oxygens (including phenoxy) is 1. The van der Waals surface area contributed by atoms with Crippen molar-refractivity contribution in [1.82, 2.24) is 4.90 Å². The molecule has 1 aromatic carbocycles. The highest BCUT2D eigenvalue weighted by Gasteiger charge is 2.22. The van der Waals surface area contributed by atoms with Gasteiger partial charge in [-0.15, -0.1) is 0 Å². The zero-order chi connectivity index (χ0) is 13.8. The smallest absolute Gasteiger partial charge is 0.0622 e. The molecule has 1 saturated heterocycles. The Morgan fingerprint density at radius 2 is 1.89 bits per heavy atom. The summed E-state index contributed by atoms with van der Waals surface area (Å²) in [5.41, 5.74) is 8.89. The third-order valence-corrected chi connectivity index (χ3v) is 4.04. The highest BCUT2D eigenvalue weighted by molar-refractivity contribution is 5.26. The lowest BCUT2D eigenvalue weighted by molar-refractivity contribution is 0.156. The molecule has 3 heteroatoms. The van der Waals surface area contributed by atoms with Crippen LogP contribution in [0.1, 0.15) is 43.4 Å². The van der Waals surface area contributed by atoms with Gasteiger partial charge in [-0.05, 0) is 30.5 Å². The Kier molecular flexibility index (Phi) is 4.97. The summed E-state index contributed by atoms with van der Waals surface area (Å²) < 4.78 is 5.43. The van der Waals surface area contributed by atoms with Crippen molar-refractivity contribution in [3.05, 3.63) is 35.4 Å². The normalized spacial score (nSPS) is 21.3. The number of hydrogen-bond acceptors (Lipinski definition) is 3. The van der Waals surface area contributed by atoms with Gasteiger partial charge in [-0.1, -0.05) is 38.1 Å². The van der Waals surface area contributed by atoms with E-state index in [1.807, 2.05) is 0 Å². The molecule has 106 valence electrons. The first kappa shape index (κ1) is 14.5. The Labute approximate surface area is 116 Å². The van der Waals surface area contributed by atoms with E-state index in [0.717, 1.165) is 26.2 Å². The first-order chi connectivity index (χ1) is 9.08. The largest absolute Gasteiger partial charge is 0.380 e. The molecule has 1 aromatic rings. The van der Waals surface area contributed by atoms with E-state index in [-0.39, 0.29) is 6.04 Å². The van der Waals surface area contributed by atoms with Gasteiger partial charge >= 0.3 is 0 Å². The van der Waals surface area contributed by atoms with Crippen LogP contribution in [0.2, 0.25) is 0 Å². The van der Waals surface area contributed by atoms with Crippen molar-refractivity contribution in [3.8, 4) is 0 Å². The van der Waals surface area contributed by atoms with Crippen molar-refractivity contribution in [3.63, 3.8) is 0 Å². The Morgan fingerprint density at radius 3 is 2.42 bits per heavy atom. The van der Waals surface area contributed by atoms with Crippen LogP contribution in [-0.4, -0.2) is 37.7 Å². The van der Waals surface area contributed by atoms with Crippen LogP contribution in [-0.2, 0) is 4.74 Å². The minimum Gasteiger partial charge on any atom is -0.380 e. The molecule has 0 spiro atoms. The molecule has 1 heterocycles. The van der Waals surface area contributed by atoms with Crippen molar-refractivity contribution in [2.24, 2.45) is 5.73 Å². The fraction of sp³-hybridized carbons (Fsp3) is 0.625. The quantitative estimate of drug-likeness (QED) is 0.886. The van der Waals surface area contributed by atoms with E-state index in [1.165, 1.54) is 11.1 Å². The summed E-state index contributed by atoms with van der Waals surface area (Å²) in [5.74, 6) is 0.573. The number of rotatable bonds is 5. The van der Waals surface area contributed by atoms with Gasteiger partial charge in [0.1, 0.15) is 0 Å². The Bertz CT molecular complexity index is 382. The van der Waals surface area contributed by atoms with E-state index in [1.54, 1.807) is 0 Å². The van der Waals surface area contributed by atoms with Crippen LogP contribution in [0.3, 0.4) is 0 Å². The summed E-state index contributed by atoms with van der Waals surface area (Å²) in [7, 11) is 2.14. The number of nitrogens with zero attached hydrogens (tertiary/aromatic N) is 1. The summed E-state index contributed by atoms with van der Waals surface area (Å²) in [6, 6.07) is 9.32. The van der Waals surface area contributed by atoms with Crippen LogP contribution in [0.5, 0.6) is 0 Å². The Morgan fingerprint density at radius 1 is 1.26 bits per heavy atom. The summed E-state index contributed by atoms with van der Waals surface area (Å²) in [6.45, 7) is 7.03. The van der Waals surface area contributed by atoms with E-state index < -0.39 is 0 Å². The predicted molar refractivity (Wildman–Crippen MR) is 79.3 cm³/mol. The first-order valence-corrected chi connectivity index (χ1v) is 7.21. The Balaban J connectivity index is 1.93. The minimum atomic E-state index is 0.0758. The molecule has 0 radical (unpaired) electrons. The predicted octanol–water partition coefficient (Wildman–Crippen LogP) is 2.53. The second-order valence-electron chi connectivity index (χ2n) is 5.88. The topological polar surface area (TPSA) is 38.5 Å². The van der Waals surface area contributed by atoms with Crippen LogP contribution in [0.25, 0.3) is 0 Å². The third-order valence-electron chi connectivity index (χ3n) is 4.04. The summed E-state index contributed by atoms with van der Waals surface area (Å²) >= 11 is 0. The monoisotopic (exact) mass is 262 g/mol. The van der Waals surface area contributed by atoms with Gasteiger partial charge in [-0.3, -0.25) is 4.90 Å². The number of nitrogens with two attached hydrogens (primary N) is 1. The maximum Gasteiger partial charge on any atom is 0.0622 e. The molecule has 0 amide bonds. The molecular formula is C16H26N2O. The highest BCUT2D eigenvalue weighted by Crippen LogP contribution is 2.19. The van der Waals surface area contributed by atoms with Crippen molar-refractivity contribution < 1.29 is 4.74 Å². The molecule has 0 aliphatic carbocycles. The van der Waals surface area contributed by atoms with Crippen LogP contribution in [0, 0.1) is 0 Å². The van der Waals surface area contributed by atoms with Crippen LogP contribution in [0.15, 0.2) is 24.3 Å². The highest BCUT2D eigenvalue weighted by atomic mass is 16.5. The minimum absolute atomic E-state index is 0.0758. The summed E-state index contributed by atoms with van der Waals surface area (Å²) in [4.78, 5) is 2.33. The van der Waals surface area contributed by atoms with Crippen LogP contribution < -0.4 is 5.73 Å². The van der Waals surface area contributed by atoms with Gasteiger partial charge in [-0.25, -0.2) is 0 Å². The lowest BCUT2D eigenvalue weighted by Gasteiger charge is -2.26. The van der Waals surface area contributed by atoms with Crippen molar-refractivity contribution >= 4 is 0 Å². The van der Waals surface area contributed by atoms with Crippen molar-refractivity contribution in [1.29, 1.82) is 0 Å². The standard InChI is InChI=1S/C16H26N2O/c1-12(2)13-4-6-14(7-5-13)16(17)10-18(3)15-8-9-19-11-15/h4-7,12,15-16H,8-11,17H2,1-3H3. The van der Waals surface area contributed by atoms with E-state index in [4.69, 9.17) is 10.5 Å². The first-order valence-electron chi connectivity index (χ1n) is 7.21. The molecule has 1 fully saturated rings. The molecule has 0 aromatic heterocycles. The van der Waals surface area contributed by atoms with E-state index >= 15 is 0 Å². The van der Waals surface area contributed by atoms with Gasteiger partial charge in [0.2, 0.25) is 0 Å². The van der Waals surface area contributed by atoms with E-state index in [2.05, 4.69) is 50.1 Å². The lowest BCUT2D eigenvalue weighted by atomic mass is 9.99. The fourth-order valence-electron chi connectivity index (χ4n) is 2.56. The molecule has 2 unspecified atom stereocenters. The average Bonchev–Trinajstić information content (AvgIpc) is 2.92. The molecule has 2 atom stereocenters. The van der Waals surface area contributed by atoms with Gasteiger partial charge in [0.15, 0.2) is 0 Å². The molecular weight excluding hydrogens is 236 g/mol. The van der Waals surface area contributed by atoms with Crippen molar-refractivity contribution in [2.75, 3.05) is 26.8 Å². The van der Waals surface area contributed by atoms with Gasteiger partial charge in [0.25, 0.3) is 0 Å². The fourth-order valence-corrected chi connectivity index (χ4v) is 2.56. The second kappa shape index (κ2) is 6.51. The second-order valence-corrected chi connectivity index (χ2v) is 5.88. The van der Waals surface area contributed by atoms with E-state index in [9.17, 15) is 0 Å². The summed E-state index contributed by atoms with van der Waals surface area (Å²) in [5, 5.41) is 0. The molecule has 0 saturated carbocycles.